The number of hydrogen-bond acceptors (Lipinski definition) is 1. The Bertz CT molecular complexity index is 145. The van der Waals surface area contributed by atoms with Crippen LogP contribution in [0, 0.1) is 0 Å². The second kappa shape index (κ2) is 6.01. The quantitative estimate of drug-likeness (QED) is 0.474. The van der Waals surface area contributed by atoms with E-state index < -0.39 is 0 Å². The zero-order valence-electron chi connectivity index (χ0n) is 9.80. The Hall–Kier alpha value is -0.530. The summed E-state index contributed by atoms with van der Waals surface area (Å²) in [5.74, 6) is 0. The molecule has 0 saturated heterocycles. The Morgan fingerprint density at radius 1 is 1.23 bits per heavy atom. The van der Waals surface area contributed by atoms with E-state index in [2.05, 4.69) is 44.5 Å². The Kier molecular flexibility index (Phi) is 5.76. The van der Waals surface area contributed by atoms with Crippen molar-refractivity contribution in [3.8, 4) is 0 Å². The highest BCUT2D eigenvalue weighted by molar-refractivity contribution is 5.55. The second-order valence-corrected chi connectivity index (χ2v) is 4.40. The first-order valence-corrected chi connectivity index (χ1v) is 5.29. The molecule has 0 atom stereocenters. The van der Waals surface area contributed by atoms with Gasteiger partial charge in [-0.05, 0) is 34.1 Å². The van der Waals surface area contributed by atoms with Crippen molar-refractivity contribution in [1.82, 2.24) is 4.90 Å². The van der Waals surface area contributed by atoms with Crippen LogP contribution in [0.2, 0.25) is 0 Å². The summed E-state index contributed by atoms with van der Waals surface area (Å²) in [5, 5.41) is 0. The van der Waals surface area contributed by atoms with Gasteiger partial charge in [0.15, 0.2) is 0 Å². The number of unbranched alkanes of at least 4 members (excludes halogenated alkanes) is 1. The fraction of sp³-hybridized carbons (Fsp3) is 0.909. The van der Waals surface area contributed by atoms with Crippen LogP contribution < -0.4 is 0 Å². The highest BCUT2D eigenvalue weighted by Crippen LogP contribution is 2.05. The van der Waals surface area contributed by atoms with E-state index in [4.69, 9.17) is 0 Å². The van der Waals surface area contributed by atoms with E-state index in [0.29, 0.717) is 0 Å². The monoisotopic (exact) mass is 184 g/mol. The van der Waals surface area contributed by atoms with Gasteiger partial charge in [0, 0.05) is 13.1 Å². The number of aliphatic imine (C=N–C) groups is 1. The van der Waals surface area contributed by atoms with Crippen LogP contribution in [0.1, 0.15) is 47.5 Å². The maximum Gasteiger partial charge on any atom is 0.0856 e. The molecule has 0 aliphatic rings. The zero-order chi connectivity index (χ0) is 10.3. The van der Waals surface area contributed by atoms with E-state index in [1.165, 1.54) is 12.8 Å². The largest absolute Gasteiger partial charge is 0.363 e. The molecule has 2 nitrogen and oxygen atoms in total. The minimum absolute atomic E-state index is 0.0552. The van der Waals surface area contributed by atoms with Gasteiger partial charge in [0.25, 0.3) is 0 Å². The smallest absolute Gasteiger partial charge is 0.0856 e. The molecule has 0 heterocycles. The lowest BCUT2D eigenvalue weighted by Gasteiger charge is -2.19. The van der Waals surface area contributed by atoms with Crippen molar-refractivity contribution in [2.45, 2.75) is 53.0 Å². The molecule has 0 unspecified atom stereocenters. The minimum atomic E-state index is 0.0552. The molecule has 0 saturated carbocycles. The molecule has 13 heavy (non-hydrogen) atoms. The van der Waals surface area contributed by atoms with Crippen LogP contribution >= 0.6 is 0 Å². The van der Waals surface area contributed by atoms with Crippen molar-refractivity contribution in [3.05, 3.63) is 0 Å². The molecule has 0 aromatic carbocycles. The fourth-order valence-electron chi connectivity index (χ4n) is 0.914. The van der Waals surface area contributed by atoms with Crippen molar-refractivity contribution in [2.75, 3.05) is 13.1 Å². The third-order valence-corrected chi connectivity index (χ3v) is 1.81. The van der Waals surface area contributed by atoms with Gasteiger partial charge in [0.1, 0.15) is 0 Å². The first kappa shape index (κ1) is 12.5. The first-order valence-electron chi connectivity index (χ1n) is 5.29. The van der Waals surface area contributed by atoms with Crippen molar-refractivity contribution in [2.24, 2.45) is 4.99 Å². The minimum Gasteiger partial charge on any atom is -0.363 e. The highest BCUT2D eigenvalue weighted by atomic mass is 15.1. The molecule has 0 aromatic heterocycles. The van der Waals surface area contributed by atoms with Gasteiger partial charge in [0.2, 0.25) is 0 Å². The zero-order valence-corrected chi connectivity index (χ0v) is 9.80. The molecule has 0 fully saturated rings. The Labute approximate surface area is 83.0 Å². The van der Waals surface area contributed by atoms with Crippen LogP contribution in [0.5, 0.6) is 0 Å². The molecular weight excluding hydrogens is 160 g/mol. The predicted octanol–water partition coefficient (Wildman–Crippen LogP) is 2.94. The summed E-state index contributed by atoms with van der Waals surface area (Å²) in [5.41, 5.74) is 0.0552. The maximum atomic E-state index is 4.48. The molecule has 0 radical (unpaired) electrons. The van der Waals surface area contributed by atoms with Crippen LogP contribution in [0.4, 0.5) is 0 Å². The average Bonchev–Trinajstić information content (AvgIpc) is 2.03. The summed E-state index contributed by atoms with van der Waals surface area (Å²) in [6, 6.07) is 0. The van der Waals surface area contributed by atoms with Crippen molar-refractivity contribution in [1.29, 1.82) is 0 Å². The van der Waals surface area contributed by atoms with E-state index in [0.717, 1.165) is 13.1 Å². The third kappa shape index (κ3) is 7.82. The van der Waals surface area contributed by atoms with Gasteiger partial charge >= 0.3 is 0 Å². The summed E-state index contributed by atoms with van der Waals surface area (Å²) in [4.78, 5) is 6.75. The van der Waals surface area contributed by atoms with Gasteiger partial charge in [-0.1, -0.05) is 13.3 Å². The summed E-state index contributed by atoms with van der Waals surface area (Å²) in [6.07, 6.45) is 4.50. The highest BCUT2D eigenvalue weighted by Gasteiger charge is 2.05. The van der Waals surface area contributed by atoms with Gasteiger partial charge < -0.3 is 4.90 Å². The van der Waals surface area contributed by atoms with E-state index in [1.54, 1.807) is 0 Å². The summed E-state index contributed by atoms with van der Waals surface area (Å²) < 4.78 is 0. The number of rotatable bonds is 5. The molecule has 0 aliphatic carbocycles. The SMILES string of the molecule is CCCCN(C=NC(C)(C)C)CC. The lowest BCUT2D eigenvalue weighted by molar-refractivity contribution is 0.431. The molecule has 0 amide bonds. The van der Waals surface area contributed by atoms with Gasteiger partial charge in [-0.25, -0.2) is 0 Å². The molecule has 0 bridgehead atoms. The molecule has 0 rings (SSSR count). The normalized spacial score (nSPS) is 12.4. The van der Waals surface area contributed by atoms with Crippen molar-refractivity contribution < 1.29 is 0 Å². The average molecular weight is 184 g/mol. The molecule has 78 valence electrons. The fourth-order valence-corrected chi connectivity index (χ4v) is 0.914. The van der Waals surface area contributed by atoms with Crippen LogP contribution in [0.3, 0.4) is 0 Å². The second-order valence-electron chi connectivity index (χ2n) is 4.40. The molecule has 0 aromatic rings. The van der Waals surface area contributed by atoms with E-state index in [-0.39, 0.29) is 5.54 Å². The summed E-state index contributed by atoms with van der Waals surface area (Å²) in [6.45, 7) is 12.9. The molecule has 0 N–H and O–H groups in total. The van der Waals surface area contributed by atoms with E-state index in [1.807, 2.05) is 6.34 Å². The number of hydrogen-bond donors (Lipinski definition) is 0. The van der Waals surface area contributed by atoms with Gasteiger partial charge in [0.05, 0.1) is 11.9 Å². The molecule has 0 spiro atoms. The Balaban J connectivity index is 3.89. The molecule has 2 heteroatoms. The van der Waals surface area contributed by atoms with Gasteiger partial charge in [-0.15, -0.1) is 0 Å². The third-order valence-electron chi connectivity index (χ3n) is 1.81. The van der Waals surface area contributed by atoms with Crippen molar-refractivity contribution >= 4 is 6.34 Å². The van der Waals surface area contributed by atoms with Gasteiger partial charge in [-0.2, -0.15) is 0 Å². The van der Waals surface area contributed by atoms with E-state index >= 15 is 0 Å². The van der Waals surface area contributed by atoms with Crippen LogP contribution in [-0.4, -0.2) is 29.9 Å². The maximum absolute atomic E-state index is 4.48. The lowest BCUT2D eigenvalue weighted by atomic mass is 10.1. The summed E-state index contributed by atoms with van der Waals surface area (Å²) in [7, 11) is 0. The number of nitrogens with zero attached hydrogens (tertiary/aromatic N) is 2. The first-order chi connectivity index (χ1) is 5.99. The van der Waals surface area contributed by atoms with Crippen LogP contribution in [0.15, 0.2) is 4.99 Å². The van der Waals surface area contributed by atoms with E-state index in [9.17, 15) is 0 Å². The lowest BCUT2D eigenvalue weighted by Crippen LogP contribution is -2.25. The predicted molar refractivity (Wildman–Crippen MR) is 60.4 cm³/mol. The van der Waals surface area contributed by atoms with Crippen LogP contribution in [0.25, 0.3) is 0 Å². The topological polar surface area (TPSA) is 15.6 Å². The molecule has 0 aliphatic heterocycles. The van der Waals surface area contributed by atoms with Crippen LogP contribution in [-0.2, 0) is 0 Å². The standard InChI is InChI=1S/C11H24N2/c1-6-8-9-13(7-2)10-12-11(3,4)5/h10H,6-9H2,1-5H3. The summed E-state index contributed by atoms with van der Waals surface area (Å²) >= 11 is 0. The Morgan fingerprint density at radius 2 is 1.85 bits per heavy atom. The van der Waals surface area contributed by atoms with Gasteiger partial charge in [-0.3, -0.25) is 4.99 Å². The Morgan fingerprint density at radius 3 is 2.23 bits per heavy atom. The van der Waals surface area contributed by atoms with Crippen molar-refractivity contribution in [3.63, 3.8) is 0 Å². The molecular formula is C11H24N2.